The molecule has 20 heavy (non-hydrogen) atoms. The van der Waals surface area contributed by atoms with Crippen molar-refractivity contribution in [2.45, 2.75) is 6.61 Å². The van der Waals surface area contributed by atoms with Gasteiger partial charge in [-0.25, -0.2) is 4.79 Å². The Labute approximate surface area is 122 Å². The zero-order chi connectivity index (χ0) is 14.5. The van der Waals surface area contributed by atoms with Crippen LogP contribution in [0.2, 0.25) is 5.02 Å². The first kappa shape index (κ1) is 14.2. The molecule has 0 radical (unpaired) electrons. The van der Waals surface area contributed by atoms with Crippen LogP contribution in [0.4, 0.5) is 5.69 Å². The van der Waals surface area contributed by atoms with E-state index in [9.17, 15) is 4.79 Å². The van der Waals surface area contributed by atoms with Gasteiger partial charge in [0.1, 0.15) is 17.9 Å². The molecule has 0 spiro atoms. The molecule has 0 bridgehead atoms. The molecular formula is C15H14ClNO3. The average Bonchev–Trinajstić information content (AvgIpc) is 2.45. The number of carbonyl (C=O) groups is 1. The third-order valence-corrected chi connectivity index (χ3v) is 2.93. The summed E-state index contributed by atoms with van der Waals surface area (Å²) in [5.41, 5.74) is 7.35. The number of nitrogens with two attached hydrogens (primary N) is 1. The van der Waals surface area contributed by atoms with Crippen molar-refractivity contribution >= 4 is 23.3 Å². The number of hydrogen-bond acceptors (Lipinski definition) is 4. The maximum Gasteiger partial charge on any atom is 0.341 e. The topological polar surface area (TPSA) is 61.5 Å². The summed E-state index contributed by atoms with van der Waals surface area (Å²) in [7, 11) is 1.31. The van der Waals surface area contributed by atoms with Crippen LogP contribution in [0, 0.1) is 0 Å². The minimum absolute atomic E-state index is 0.300. The lowest BCUT2D eigenvalue weighted by atomic mass is 10.1. The summed E-state index contributed by atoms with van der Waals surface area (Å²) in [6.45, 7) is 0.300. The molecular weight excluding hydrogens is 278 g/mol. The van der Waals surface area contributed by atoms with E-state index in [1.54, 1.807) is 24.3 Å². The van der Waals surface area contributed by atoms with Crippen molar-refractivity contribution in [2.75, 3.05) is 12.8 Å². The van der Waals surface area contributed by atoms with Crippen LogP contribution >= 0.6 is 11.6 Å². The van der Waals surface area contributed by atoms with E-state index in [-0.39, 0.29) is 0 Å². The smallest absolute Gasteiger partial charge is 0.341 e. The van der Waals surface area contributed by atoms with E-state index < -0.39 is 5.97 Å². The Morgan fingerprint density at radius 2 is 2.05 bits per heavy atom. The predicted molar refractivity (Wildman–Crippen MR) is 78.0 cm³/mol. The molecule has 0 aliphatic rings. The number of ether oxygens (including phenoxy) is 2. The standard InChI is InChI=1S/C15H14ClNO3/c1-19-15(18)13-8-12(17)5-6-14(13)20-9-10-3-2-4-11(16)7-10/h2-8H,9,17H2,1H3. The summed E-state index contributed by atoms with van der Waals surface area (Å²) in [4.78, 5) is 11.7. The van der Waals surface area contributed by atoms with Gasteiger partial charge in [0.05, 0.1) is 7.11 Å². The Kier molecular flexibility index (Phi) is 4.48. The summed E-state index contributed by atoms with van der Waals surface area (Å²) in [5.74, 6) is -0.0654. The normalized spacial score (nSPS) is 10.1. The van der Waals surface area contributed by atoms with E-state index in [4.69, 9.17) is 26.8 Å². The zero-order valence-corrected chi connectivity index (χ0v) is 11.7. The molecule has 0 amide bonds. The minimum Gasteiger partial charge on any atom is -0.488 e. The van der Waals surface area contributed by atoms with E-state index in [1.165, 1.54) is 13.2 Å². The molecule has 4 nitrogen and oxygen atoms in total. The maximum atomic E-state index is 11.7. The molecule has 0 saturated carbocycles. The Morgan fingerprint density at radius 3 is 2.75 bits per heavy atom. The van der Waals surface area contributed by atoms with Crippen LogP contribution in [0.15, 0.2) is 42.5 Å². The van der Waals surface area contributed by atoms with Crippen LogP contribution in [-0.4, -0.2) is 13.1 Å². The second-order valence-corrected chi connectivity index (χ2v) is 4.60. The van der Waals surface area contributed by atoms with E-state index in [0.29, 0.717) is 28.6 Å². The van der Waals surface area contributed by atoms with Gasteiger partial charge in [-0.1, -0.05) is 23.7 Å². The summed E-state index contributed by atoms with van der Waals surface area (Å²) in [6, 6.07) is 12.2. The molecule has 0 heterocycles. The van der Waals surface area contributed by atoms with Crippen molar-refractivity contribution < 1.29 is 14.3 Å². The number of halogens is 1. The molecule has 104 valence electrons. The first-order chi connectivity index (χ1) is 9.60. The Balaban J connectivity index is 2.19. The first-order valence-corrected chi connectivity index (χ1v) is 6.33. The van der Waals surface area contributed by atoms with E-state index in [1.807, 2.05) is 12.1 Å². The summed E-state index contributed by atoms with van der Waals surface area (Å²) in [6.07, 6.45) is 0. The molecule has 0 atom stereocenters. The van der Waals surface area contributed by atoms with Gasteiger partial charge in [0.25, 0.3) is 0 Å². The van der Waals surface area contributed by atoms with Crippen molar-refractivity contribution in [3.63, 3.8) is 0 Å². The molecule has 0 aliphatic heterocycles. The van der Waals surface area contributed by atoms with Crippen LogP contribution in [-0.2, 0) is 11.3 Å². The van der Waals surface area contributed by atoms with E-state index >= 15 is 0 Å². The molecule has 0 aromatic heterocycles. The number of esters is 1. The fourth-order valence-electron chi connectivity index (χ4n) is 1.73. The van der Waals surface area contributed by atoms with Gasteiger partial charge in [0.15, 0.2) is 0 Å². The van der Waals surface area contributed by atoms with Gasteiger partial charge in [-0.3, -0.25) is 0 Å². The van der Waals surface area contributed by atoms with Gasteiger partial charge in [0.2, 0.25) is 0 Å². The fourth-order valence-corrected chi connectivity index (χ4v) is 1.94. The quantitative estimate of drug-likeness (QED) is 0.693. The van der Waals surface area contributed by atoms with Crippen LogP contribution < -0.4 is 10.5 Å². The number of anilines is 1. The Morgan fingerprint density at radius 1 is 1.25 bits per heavy atom. The first-order valence-electron chi connectivity index (χ1n) is 5.95. The summed E-state index contributed by atoms with van der Waals surface area (Å²) in [5, 5.41) is 0.636. The average molecular weight is 292 g/mol. The highest BCUT2D eigenvalue weighted by Gasteiger charge is 2.13. The van der Waals surface area contributed by atoms with Gasteiger partial charge in [-0.05, 0) is 35.9 Å². The predicted octanol–water partition coefficient (Wildman–Crippen LogP) is 3.29. The number of nitrogen functional groups attached to an aromatic ring is 1. The molecule has 2 rings (SSSR count). The molecule has 5 heteroatoms. The molecule has 0 unspecified atom stereocenters. The second kappa shape index (κ2) is 6.30. The third kappa shape index (κ3) is 3.42. The van der Waals surface area contributed by atoms with Crippen molar-refractivity contribution in [1.29, 1.82) is 0 Å². The van der Waals surface area contributed by atoms with Gasteiger partial charge in [-0.2, -0.15) is 0 Å². The third-order valence-electron chi connectivity index (χ3n) is 2.69. The monoisotopic (exact) mass is 291 g/mol. The number of carbonyl (C=O) groups excluding carboxylic acids is 1. The zero-order valence-electron chi connectivity index (χ0n) is 10.9. The molecule has 2 aromatic rings. The van der Waals surface area contributed by atoms with Crippen LogP contribution in [0.1, 0.15) is 15.9 Å². The maximum absolute atomic E-state index is 11.7. The Hall–Kier alpha value is -2.20. The van der Waals surface area contributed by atoms with Gasteiger partial charge >= 0.3 is 5.97 Å². The highest BCUT2D eigenvalue weighted by molar-refractivity contribution is 6.30. The lowest BCUT2D eigenvalue weighted by Crippen LogP contribution is -2.06. The molecule has 0 saturated heterocycles. The van der Waals surface area contributed by atoms with E-state index in [2.05, 4.69) is 0 Å². The lowest BCUT2D eigenvalue weighted by Gasteiger charge is -2.11. The largest absolute Gasteiger partial charge is 0.488 e. The number of methoxy groups -OCH3 is 1. The summed E-state index contributed by atoms with van der Waals surface area (Å²) >= 11 is 5.91. The van der Waals surface area contributed by atoms with Crippen molar-refractivity contribution in [3.05, 3.63) is 58.6 Å². The second-order valence-electron chi connectivity index (χ2n) is 4.17. The van der Waals surface area contributed by atoms with Crippen LogP contribution in [0.25, 0.3) is 0 Å². The molecule has 2 aromatic carbocycles. The Bertz CT molecular complexity index is 628. The van der Waals surface area contributed by atoms with Crippen LogP contribution in [0.3, 0.4) is 0 Å². The van der Waals surface area contributed by atoms with Gasteiger partial charge in [-0.15, -0.1) is 0 Å². The fraction of sp³-hybridized carbons (Fsp3) is 0.133. The lowest BCUT2D eigenvalue weighted by molar-refractivity contribution is 0.0595. The van der Waals surface area contributed by atoms with Crippen molar-refractivity contribution in [3.8, 4) is 5.75 Å². The van der Waals surface area contributed by atoms with Gasteiger partial charge in [0, 0.05) is 10.7 Å². The van der Waals surface area contributed by atoms with E-state index in [0.717, 1.165) is 5.56 Å². The number of hydrogen-bond donors (Lipinski definition) is 1. The number of benzene rings is 2. The van der Waals surface area contributed by atoms with Gasteiger partial charge < -0.3 is 15.2 Å². The SMILES string of the molecule is COC(=O)c1cc(N)ccc1OCc1cccc(Cl)c1. The minimum atomic E-state index is -0.488. The molecule has 0 aliphatic carbocycles. The highest BCUT2D eigenvalue weighted by atomic mass is 35.5. The summed E-state index contributed by atoms with van der Waals surface area (Å²) < 4.78 is 10.3. The highest BCUT2D eigenvalue weighted by Crippen LogP contribution is 2.23. The van der Waals surface area contributed by atoms with Crippen LogP contribution in [0.5, 0.6) is 5.75 Å². The van der Waals surface area contributed by atoms with Crippen molar-refractivity contribution in [2.24, 2.45) is 0 Å². The molecule has 0 fully saturated rings. The molecule has 2 N–H and O–H groups in total. The van der Waals surface area contributed by atoms with Crippen molar-refractivity contribution in [1.82, 2.24) is 0 Å². The number of rotatable bonds is 4.